The van der Waals surface area contributed by atoms with Gasteiger partial charge in [0.1, 0.15) is 5.76 Å². The number of thioether (sulfide) groups is 1. The number of amides is 1. The van der Waals surface area contributed by atoms with Crippen LogP contribution in [0.2, 0.25) is 0 Å². The van der Waals surface area contributed by atoms with E-state index in [1.807, 2.05) is 6.07 Å². The SMILES string of the molecule is Cn1nnnc1SCC(=O)N(CCC#N)Cc1ccco1. The number of tetrazole rings is 1. The van der Waals surface area contributed by atoms with E-state index >= 15 is 0 Å². The number of nitriles is 1. The van der Waals surface area contributed by atoms with Crippen molar-refractivity contribution in [2.45, 2.75) is 18.1 Å². The van der Waals surface area contributed by atoms with Crippen LogP contribution >= 0.6 is 11.8 Å². The first-order chi connectivity index (χ1) is 10.2. The molecule has 8 nitrogen and oxygen atoms in total. The predicted octanol–water partition coefficient (Wildman–Crippen LogP) is 0.838. The second-order valence-electron chi connectivity index (χ2n) is 4.18. The fraction of sp³-hybridized carbons (Fsp3) is 0.417. The van der Waals surface area contributed by atoms with Crippen LogP contribution in [-0.4, -0.2) is 43.3 Å². The second kappa shape index (κ2) is 7.44. The zero-order chi connectivity index (χ0) is 15.1. The Morgan fingerprint density at radius 2 is 2.48 bits per heavy atom. The first kappa shape index (κ1) is 15.1. The van der Waals surface area contributed by atoms with E-state index in [1.54, 1.807) is 30.3 Å². The normalized spacial score (nSPS) is 10.3. The molecule has 9 heteroatoms. The van der Waals surface area contributed by atoms with Crippen molar-refractivity contribution < 1.29 is 9.21 Å². The average Bonchev–Trinajstić information content (AvgIpc) is 3.12. The molecule has 0 aliphatic heterocycles. The Morgan fingerprint density at radius 1 is 1.62 bits per heavy atom. The number of furan rings is 1. The van der Waals surface area contributed by atoms with Crippen LogP contribution in [0.15, 0.2) is 28.0 Å². The molecular weight excluding hydrogens is 292 g/mol. The minimum atomic E-state index is -0.0883. The third kappa shape index (κ3) is 4.32. The molecule has 0 aliphatic rings. The van der Waals surface area contributed by atoms with Gasteiger partial charge in [0.25, 0.3) is 0 Å². The molecule has 0 saturated heterocycles. The first-order valence-electron chi connectivity index (χ1n) is 6.23. The minimum absolute atomic E-state index is 0.0883. The van der Waals surface area contributed by atoms with Crippen LogP contribution in [0.3, 0.4) is 0 Å². The number of nitrogens with zero attached hydrogens (tertiary/aromatic N) is 6. The molecule has 0 spiro atoms. The summed E-state index contributed by atoms with van der Waals surface area (Å²) < 4.78 is 6.75. The van der Waals surface area contributed by atoms with Crippen molar-refractivity contribution in [3.63, 3.8) is 0 Å². The van der Waals surface area contributed by atoms with Crippen LogP contribution in [0, 0.1) is 11.3 Å². The molecule has 110 valence electrons. The summed E-state index contributed by atoms with van der Waals surface area (Å²) in [7, 11) is 1.71. The Morgan fingerprint density at radius 3 is 3.10 bits per heavy atom. The summed E-state index contributed by atoms with van der Waals surface area (Å²) in [4.78, 5) is 13.9. The average molecular weight is 306 g/mol. The Hall–Kier alpha value is -2.34. The minimum Gasteiger partial charge on any atom is -0.467 e. The molecule has 21 heavy (non-hydrogen) atoms. The van der Waals surface area contributed by atoms with E-state index in [1.165, 1.54) is 16.4 Å². The van der Waals surface area contributed by atoms with Crippen LogP contribution < -0.4 is 0 Å². The molecule has 0 N–H and O–H groups in total. The first-order valence-corrected chi connectivity index (χ1v) is 7.21. The zero-order valence-corrected chi connectivity index (χ0v) is 12.3. The van der Waals surface area contributed by atoms with Gasteiger partial charge in [0.05, 0.1) is 31.1 Å². The molecule has 0 bridgehead atoms. The molecule has 2 aromatic heterocycles. The lowest BCUT2D eigenvalue weighted by Crippen LogP contribution is -2.32. The van der Waals surface area contributed by atoms with E-state index in [0.717, 1.165) is 0 Å². The second-order valence-corrected chi connectivity index (χ2v) is 5.12. The molecular formula is C12H14N6O2S. The quantitative estimate of drug-likeness (QED) is 0.698. The van der Waals surface area contributed by atoms with E-state index in [4.69, 9.17) is 9.68 Å². The molecule has 2 heterocycles. The van der Waals surface area contributed by atoms with E-state index < -0.39 is 0 Å². The maximum Gasteiger partial charge on any atom is 0.233 e. The summed E-state index contributed by atoms with van der Waals surface area (Å²) in [5.74, 6) is 0.807. The Labute approximate surface area is 125 Å². The van der Waals surface area contributed by atoms with Crippen LogP contribution in [0.4, 0.5) is 0 Å². The highest BCUT2D eigenvalue weighted by atomic mass is 32.2. The Balaban J connectivity index is 1.93. The summed E-state index contributed by atoms with van der Waals surface area (Å²) in [5.41, 5.74) is 0. The predicted molar refractivity (Wildman–Crippen MR) is 73.9 cm³/mol. The molecule has 0 fully saturated rings. The number of aromatic nitrogens is 4. The van der Waals surface area contributed by atoms with Crippen molar-refractivity contribution >= 4 is 17.7 Å². The van der Waals surface area contributed by atoms with Crippen molar-refractivity contribution in [3.8, 4) is 6.07 Å². The largest absolute Gasteiger partial charge is 0.467 e. The summed E-state index contributed by atoms with van der Waals surface area (Å²) >= 11 is 1.26. The smallest absolute Gasteiger partial charge is 0.233 e. The van der Waals surface area contributed by atoms with E-state index in [-0.39, 0.29) is 18.1 Å². The van der Waals surface area contributed by atoms with Gasteiger partial charge in [0.2, 0.25) is 11.1 Å². The summed E-state index contributed by atoms with van der Waals surface area (Å²) in [6, 6.07) is 5.61. The fourth-order valence-corrected chi connectivity index (χ4v) is 2.38. The molecule has 0 atom stereocenters. The van der Waals surface area contributed by atoms with Crippen molar-refractivity contribution in [3.05, 3.63) is 24.2 Å². The van der Waals surface area contributed by atoms with Crippen LogP contribution in [0.25, 0.3) is 0 Å². The number of aryl methyl sites for hydroxylation is 1. The van der Waals surface area contributed by atoms with Gasteiger partial charge in [-0.05, 0) is 22.6 Å². The molecule has 2 aromatic rings. The van der Waals surface area contributed by atoms with Gasteiger partial charge in [-0.2, -0.15) is 5.26 Å². The molecule has 0 saturated carbocycles. The summed E-state index contributed by atoms with van der Waals surface area (Å²) in [6.45, 7) is 0.721. The van der Waals surface area contributed by atoms with Gasteiger partial charge in [-0.3, -0.25) is 4.79 Å². The van der Waals surface area contributed by atoms with Gasteiger partial charge in [-0.15, -0.1) is 5.10 Å². The third-order valence-electron chi connectivity index (χ3n) is 2.68. The lowest BCUT2D eigenvalue weighted by molar-refractivity contribution is -0.129. The monoisotopic (exact) mass is 306 g/mol. The molecule has 0 radical (unpaired) electrons. The summed E-state index contributed by atoms with van der Waals surface area (Å²) in [5, 5.41) is 20.3. The molecule has 0 aromatic carbocycles. The van der Waals surface area contributed by atoms with Gasteiger partial charge < -0.3 is 9.32 Å². The van der Waals surface area contributed by atoms with Gasteiger partial charge in [-0.1, -0.05) is 11.8 Å². The highest BCUT2D eigenvalue weighted by Crippen LogP contribution is 2.14. The topological polar surface area (TPSA) is 101 Å². The standard InChI is InChI=1S/C12H14N6O2S/c1-17-12(14-15-16-17)21-9-11(19)18(6-3-5-13)8-10-4-2-7-20-10/h2,4,7H,3,6,8-9H2,1H3. The van der Waals surface area contributed by atoms with Gasteiger partial charge in [0, 0.05) is 13.6 Å². The van der Waals surface area contributed by atoms with E-state index in [9.17, 15) is 4.79 Å². The number of hydrogen-bond acceptors (Lipinski definition) is 7. The molecule has 1 amide bonds. The van der Waals surface area contributed by atoms with Crippen LogP contribution in [-0.2, 0) is 18.4 Å². The fourth-order valence-electron chi connectivity index (χ4n) is 1.63. The number of hydrogen-bond donors (Lipinski definition) is 0. The van der Waals surface area contributed by atoms with Gasteiger partial charge >= 0.3 is 0 Å². The van der Waals surface area contributed by atoms with E-state index in [2.05, 4.69) is 15.5 Å². The zero-order valence-electron chi connectivity index (χ0n) is 11.5. The molecule has 0 unspecified atom stereocenters. The van der Waals surface area contributed by atoms with Crippen molar-refractivity contribution in [1.29, 1.82) is 5.26 Å². The van der Waals surface area contributed by atoms with Crippen LogP contribution in [0.1, 0.15) is 12.2 Å². The number of carbonyl (C=O) groups excluding carboxylic acids is 1. The lowest BCUT2D eigenvalue weighted by atomic mass is 10.3. The number of rotatable bonds is 7. The summed E-state index contributed by atoms with van der Waals surface area (Å²) in [6.07, 6.45) is 1.84. The van der Waals surface area contributed by atoms with Crippen molar-refractivity contribution in [2.24, 2.45) is 7.05 Å². The molecule has 0 aliphatic carbocycles. The van der Waals surface area contributed by atoms with E-state index in [0.29, 0.717) is 24.0 Å². The maximum absolute atomic E-state index is 12.3. The van der Waals surface area contributed by atoms with Gasteiger partial charge in [0.15, 0.2) is 0 Å². The highest BCUT2D eigenvalue weighted by Gasteiger charge is 2.16. The van der Waals surface area contributed by atoms with Crippen molar-refractivity contribution in [2.75, 3.05) is 12.3 Å². The van der Waals surface area contributed by atoms with Crippen LogP contribution in [0.5, 0.6) is 0 Å². The third-order valence-corrected chi connectivity index (χ3v) is 3.67. The Bertz CT molecular complexity index is 618. The van der Waals surface area contributed by atoms with Gasteiger partial charge in [-0.25, -0.2) is 4.68 Å². The molecule has 2 rings (SSSR count). The number of carbonyl (C=O) groups is 1. The highest BCUT2D eigenvalue weighted by molar-refractivity contribution is 7.99. The lowest BCUT2D eigenvalue weighted by Gasteiger charge is -2.20. The Kier molecular flexibility index (Phi) is 5.34. The maximum atomic E-state index is 12.3. The van der Waals surface area contributed by atoms with Crippen molar-refractivity contribution in [1.82, 2.24) is 25.1 Å².